The molecule has 4 heteroatoms. The Morgan fingerprint density at radius 1 is 1.36 bits per heavy atom. The summed E-state index contributed by atoms with van der Waals surface area (Å²) in [5.41, 5.74) is 1.29. The fourth-order valence-electron chi connectivity index (χ4n) is 3.56. The van der Waals surface area contributed by atoms with Crippen LogP contribution in [0.2, 0.25) is 5.02 Å². The van der Waals surface area contributed by atoms with E-state index in [4.69, 9.17) is 16.3 Å². The van der Waals surface area contributed by atoms with E-state index in [2.05, 4.69) is 17.9 Å². The van der Waals surface area contributed by atoms with E-state index in [1.807, 2.05) is 19.1 Å². The Labute approximate surface area is 139 Å². The molecule has 3 nitrogen and oxygen atoms in total. The van der Waals surface area contributed by atoms with Crippen molar-refractivity contribution in [3.63, 3.8) is 0 Å². The van der Waals surface area contributed by atoms with Crippen LogP contribution in [0.5, 0.6) is 5.75 Å². The maximum atomic E-state index is 9.83. The number of hydrogen-bond donors (Lipinski definition) is 1. The van der Waals surface area contributed by atoms with Crippen LogP contribution in [0.15, 0.2) is 18.2 Å². The van der Waals surface area contributed by atoms with E-state index in [0.29, 0.717) is 18.2 Å². The van der Waals surface area contributed by atoms with Crippen molar-refractivity contribution in [2.45, 2.75) is 46.1 Å². The highest BCUT2D eigenvalue weighted by Gasteiger charge is 2.33. The van der Waals surface area contributed by atoms with Crippen molar-refractivity contribution in [1.29, 1.82) is 0 Å². The number of likely N-dealkylation sites (tertiary alicyclic amines) is 1. The van der Waals surface area contributed by atoms with Gasteiger partial charge in [-0.3, -0.25) is 4.90 Å². The Morgan fingerprint density at radius 3 is 2.82 bits per heavy atom. The Bertz CT molecular complexity index is 476. The number of ether oxygens (including phenoxy) is 1. The summed E-state index contributed by atoms with van der Waals surface area (Å²) in [4.78, 5) is 2.45. The third-order valence-electron chi connectivity index (χ3n) is 4.56. The molecule has 2 rings (SSSR count). The minimum atomic E-state index is 0.0854. The van der Waals surface area contributed by atoms with E-state index in [1.54, 1.807) is 0 Å². The number of piperidine rings is 1. The maximum absolute atomic E-state index is 9.83. The fraction of sp³-hybridized carbons (Fsp3) is 0.667. The summed E-state index contributed by atoms with van der Waals surface area (Å²) in [6, 6.07) is 6.05. The lowest BCUT2D eigenvalue weighted by molar-refractivity contribution is 0.0216. The standard InChI is InChI=1S/C18H28ClNO2/c1-3-8-18(14-21)9-5-10-20(13-18)12-15-6-7-17(22-4-2)16(19)11-15/h6-7,11,21H,3-5,8-10,12-14H2,1-2H3/t18-/m1/s1. The van der Waals surface area contributed by atoms with Crippen LogP contribution >= 0.6 is 11.6 Å². The molecule has 124 valence electrons. The van der Waals surface area contributed by atoms with Crippen molar-refractivity contribution in [2.75, 3.05) is 26.3 Å². The first kappa shape index (κ1) is 17.6. The predicted octanol–water partition coefficient (Wildman–Crippen LogP) is 4.11. The summed E-state index contributed by atoms with van der Waals surface area (Å²) in [5, 5.41) is 10.5. The third-order valence-corrected chi connectivity index (χ3v) is 4.85. The number of aliphatic hydroxyl groups excluding tert-OH is 1. The second-order valence-corrected chi connectivity index (χ2v) is 6.83. The van der Waals surface area contributed by atoms with Gasteiger partial charge in [-0.05, 0) is 50.4 Å². The summed E-state index contributed by atoms with van der Waals surface area (Å²) in [6.45, 7) is 8.03. The number of benzene rings is 1. The number of hydrogen-bond acceptors (Lipinski definition) is 3. The summed E-state index contributed by atoms with van der Waals surface area (Å²) < 4.78 is 5.49. The van der Waals surface area contributed by atoms with Gasteiger partial charge in [-0.15, -0.1) is 0 Å². The van der Waals surface area contributed by atoms with Gasteiger partial charge in [0, 0.05) is 25.1 Å². The number of rotatable bonds is 7. The molecule has 0 unspecified atom stereocenters. The zero-order valence-corrected chi connectivity index (χ0v) is 14.5. The average molecular weight is 326 g/mol. The summed E-state index contributed by atoms with van der Waals surface area (Å²) in [5.74, 6) is 0.752. The lowest BCUT2D eigenvalue weighted by Crippen LogP contribution is -2.44. The quantitative estimate of drug-likeness (QED) is 0.818. The first-order chi connectivity index (χ1) is 10.6. The molecule has 0 bridgehead atoms. The summed E-state index contributed by atoms with van der Waals surface area (Å²) >= 11 is 6.28. The predicted molar refractivity (Wildman–Crippen MR) is 91.6 cm³/mol. The van der Waals surface area contributed by atoms with Gasteiger partial charge >= 0.3 is 0 Å². The van der Waals surface area contributed by atoms with Crippen molar-refractivity contribution in [3.05, 3.63) is 28.8 Å². The van der Waals surface area contributed by atoms with Crippen LogP contribution in [-0.4, -0.2) is 36.3 Å². The van der Waals surface area contributed by atoms with Crippen molar-refractivity contribution in [3.8, 4) is 5.75 Å². The van der Waals surface area contributed by atoms with Crippen molar-refractivity contribution < 1.29 is 9.84 Å². The topological polar surface area (TPSA) is 32.7 Å². The van der Waals surface area contributed by atoms with Gasteiger partial charge in [0.05, 0.1) is 11.6 Å². The molecule has 1 aliphatic heterocycles. The Morgan fingerprint density at radius 2 is 2.18 bits per heavy atom. The molecule has 1 aliphatic rings. The monoisotopic (exact) mass is 325 g/mol. The molecule has 0 amide bonds. The van der Waals surface area contributed by atoms with E-state index in [0.717, 1.165) is 51.1 Å². The van der Waals surface area contributed by atoms with Gasteiger partial charge in [-0.2, -0.15) is 0 Å². The van der Waals surface area contributed by atoms with Crippen LogP contribution in [0.3, 0.4) is 0 Å². The smallest absolute Gasteiger partial charge is 0.137 e. The highest BCUT2D eigenvalue weighted by molar-refractivity contribution is 6.32. The molecule has 0 aromatic heterocycles. The second-order valence-electron chi connectivity index (χ2n) is 6.42. The molecule has 0 saturated carbocycles. The van der Waals surface area contributed by atoms with E-state index in [-0.39, 0.29) is 5.41 Å². The molecule has 22 heavy (non-hydrogen) atoms. The minimum absolute atomic E-state index is 0.0854. The molecule has 1 atom stereocenters. The summed E-state index contributed by atoms with van der Waals surface area (Å²) in [7, 11) is 0. The number of aliphatic hydroxyl groups is 1. The highest BCUT2D eigenvalue weighted by Crippen LogP contribution is 2.35. The molecule has 1 aromatic rings. The van der Waals surface area contributed by atoms with Crippen molar-refractivity contribution in [1.82, 2.24) is 4.90 Å². The highest BCUT2D eigenvalue weighted by atomic mass is 35.5. The van der Waals surface area contributed by atoms with Gasteiger partial charge in [0.25, 0.3) is 0 Å². The minimum Gasteiger partial charge on any atom is -0.492 e. The van der Waals surface area contributed by atoms with Crippen LogP contribution in [-0.2, 0) is 6.54 Å². The maximum Gasteiger partial charge on any atom is 0.137 e. The van der Waals surface area contributed by atoms with Gasteiger partial charge < -0.3 is 9.84 Å². The number of nitrogens with zero attached hydrogens (tertiary/aromatic N) is 1. The first-order valence-corrected chi connectivity index (χ1v) is 8.74. The van der Waals surface area contributed by atoms with E-state index < -0.39 is 0 Å². The van der Waals surface area contributed by atoms with Crippen LogP contribution in [0.4, 0.5) is 0 Å². The molecular weight excluding hydrogens is 298 g/mol. The van der Waals surface area contributed by atoms with E-state index in [1.165, 1.54) is 5.56 Å². The average Bonchev–Trinajstić information content (AvgIpc) is 2.51. The van der Waals surface area contributed by atoms with Gasteiger partial charge in [0.15, 0.2) is 0 Å². The zero-order chi connectivity index (χ0) is 16.0. The lowest BCUT2D eigenvalue weighted by atomic mass is 9.77. The fourth-order valence-corrected chi connectivity index (χ4v) is 3.82. The molecule has 1 N–H and O–H groups in total. The molecule has 1 fully saturated rings. The molecule has 0 aliphatic carbocycles. The van der Waals surface area contributed by atoms with Crippen molar-refractivity contribution in [2.24, 2.45) is 5.41 Å². The Kier molecular flexibility index (Phi) is 6.54. The summed E-state index contributed by atoms with van der Waals surface area (Å²) in [6.07, 6.45) is 4.52. The number of halogens is 1. The molecule has 1 heterocycles. The van der Waals surface area contributed by atoms with Crippen molar-refractivity contribution >= 4 is 11.6 Å². The molecular formula is C18H28ClNO2. The normalized spacial score (nSPS) is 22.7. The van der Waals surface area contributed by atoms with Crippen LogP contribution in [0.25, 0.3) is 0 Å². The molecule has 1 saturated heterocycles. The lowest BCUT2D eigenvalue weighted by Gasteiger charge is -2.42. The van der Waals surface area contributed by atoms with Crippen LogP contribution in [0.1, 0.15) is 45.1 Å². The first-order valence-electron chi connectivity index (χ1n) is 8.37. The Hall–Kier alpha value is -0.770. The zero-order valence-electron chi connectivity index (χ0n) is 13.8. The Balaban J connectivity index is 2.02. The molecule has 0 spiro atoms. The molecule has 0 radical (unpaired) electrons. The van der Waals surface area contributed by atoms with Gasteiger partial charge in [0.2, 0.25) is 0 Å². The largest absolute Gasteiger partial charge is 0.492 e. The molecule has 1 aromatic carbocycles. The van der Waals surface area contributed by atoms with Gasteiger partial charge in [-0.1, -0.05) is 31.0 Å². The SMILES string of the molecule is CCC[C@@]1(CO)CCCN(Cc2ccc(OCC)c(Cl)c2)C1. The van der Waals surface area contributed by atoms with E-state index >= 15 is 0 Å². The van der Waals surface area contributed by atoms with Gasteiger partial charge in [-0.25, -0.2) is 0 Å². The third kappa shape index (κ3) is 4.37. The van der Waals surface area contributed by atoms with Gasteiger partial charge in [0.1, 0.15) is 5.75 Å². The van der Waals surface area contributed by atoms with Crippen LogP contribution in [0, 0.1) is 5.41 Å². The van der Waals surface area contributed by atoms with Crippen LogP contribution < -0.4 is 4.74 Å². The van der Waals surface area contributed by atoms with E-state index in [9.17, 15) is 5.11 Å². The second kappa shape index (κ2) is 8.19.